The number of aromatic nitrogens is 1. The minimum atomic E-state index is -0.303. The van der Waals surface area contributed by atoms with E-state index in [2.05, 4.69) is 16.4 Å². The highest BCUT2D eigenvalue weighted by Crippen LogP contribution is 2.29. The first-order chi connectivity index (χ1) is 7.24. The van der Waals surface area contributed by atoms with E-state index in [-0.39, 0.29) is 12.0 Å². The van der Waals surface area contributed by atoms with Crippen molar-refractivity contribution in [1.29, 1.82) is 0 Å². The summed E-state index contributed by atoms with van der Waals surface area (Å²) in [5, 5.41) is 13.1. The SMILES string of the molecule is CCC(O)C(C)c1nccc2sccc12. The molecule has 0 fully saturated rings. The molecule has 0 saturated heterocycles. The second-order valence-corrected chi connectivity index (χ2v) is 4.74. The Morgan fingerprint density at radius 3 is 3.00 bits per heavy atom. The molecule has 0 aliphatic carbocycles. The highest BCUT2D eigenvalue weighted by atomic mass is 32.1. The van der Waals surface area contributed by atoms with Crippen LogP contribution in [0.1, 0.15) is 31.9 Å². The lowest BCUT2D eigenvalue weighted by molar-refractivity contribution is 0.144. The second kappa shape index (κ2) is 4.29. The molecular formula is C12H15NOS. The van der Waals surface area contributed by atoms with Gasteiger partial charge in [0.2, 0.25) is 0 Å². The van der Waals surface area contributed by atoms with Crippen LogP contribution in [0.4, 0.5) is 0 Å². The van der Waals surface area contributed by atoms with Crippen molar-refractivity contribution in [2.45, 2.75) is 32.3 Å². The molecule has 2 aromatic rings. The van der Waals surface area contributed by atoms with Gasteiger partial charge < -0.3 is 5.11 Å². The van der Waals surface area contributed by atoms with Crippen molar-refractivity contribution in [3.05, 3.63) is 29.4 Å². The van der Waals surface area contributed by atoms with Crippen LogP contribution in [0.5, 0.6) is 0 Å². The minimum Gasteiger partial charge on any atom is -0.392 e. The Morgan fingerprint density at radius 1 is 1.47 bits per heavy atom. The third-order valence-electron chi connectivity index (χ3n) is 2.84. The topological polar surface area (TPSA) is 33.1 Å². The number of pyridine rings is 1. The third kappa shape index (κ3) is 1.90. The van der Waals surface area contributed by atoms with Crippen LogP contribution in [0.15, 0.2) is 23.7 Å². The van der Waals surface area contributed by atoms with E-state index in [1.54, 1.807) is 11.3 Å². The average molecular weight is 221 g/mol. The maximum atomic E-state index is 9.84. The molecule has 2 atom stereocenters. The molecule has 2 rings (SSSR count). The van der Waals surface area contributed by atoms with Crippen LogP contribution in [0.3, 0.4) is 0 Å². The molecule has 1 N–H and O–H groups in total. The monoisotopic (exact) mass is 221 g/mol. The van der Waals surface area contributed by atoms with Crippen LogP contribution in [0, 0.1) is 0 Å². The molecule has 2 aromatic heterocycles. The first kappa shape index (κ1) is 10.6. The van der Waals surface area contributed by atoms with E-state index in [9.17, 15) is 5.11 Å². The number of thiophene rings is 1. The predicted octanol–water partition coefficient (Wildman–Crippen LogP) is 3.17. The molecule has 0 saturated carbocycles. The van der Waals surface area contributed by atoms with Gasteiger partial charge in [0.25, 0.3) is 0 Å². The Labute approximate surface area is 93.6 Å². The summed E-state index contributed by atoms with van der Waals surface area (Å²) in [5.74, 6) is 0.105. The Bertz CT molecular complexity index is 452. The molecule has 3 heteroatoms. The predicted molar refractivity (Wildman–Crippen MR) is 64.3 cm³/mol. The molecule has 0 aliphatic rings. The van der Waals surface area contributed by atoms with Crippen molar-refractivity contribution in [3.63, 3.8) is 0 Å². The molecule has 2 unspecified atom stereocenters. The van der Waals surface area contributed by atoms with Crippen molar-refractivity contribution >= 4 is 21.4 Å². The lowest BCUT2D eigenvalue weighted by Crippen LogP contribution is -2.15. The van der Waals surface area contributed by atoms with Gasteiger partial charge in [-0.2, -0.15) is 0 Å². The quantitative estimate of drug-likeness (QED) is 0.863. The van der Waals surface area contributed by atoms with Gasteiger partial charge in [-0.3, -0.25) is 4.98 Å². The molecule has 0 spiro atoms. The number of hydrogen-bond acceptors (Lipinski definition) is 3. The lowest BCUT2D eigenvalue weighted by Gasteiger charge is -2.17. The number of hydrogen-bond donors (Lipinski definition) is 1. The number of rotatable bonds is 3. The summed E-state index contributed by atoms with van der Waals surface area (Å²) in [7, 11) is 0. The average Bonchev–Trinajstić information content (AvgIpc) is 2.74. The Morgan fingerprint density at radius 2 is 2.27 bits per heavy atom. The molecule has 80 valence electrons. The van der Waals surface area contributed by atoms with Crippen molar-refractivity contribution < 1.29 is 5.11 Å². The molecule has 0 bridgehead atoms. The summed E-state index contributed by atoms with van der Waals surface area (Å²) in [4.78, 5) is 4.39. The Hall–Kier alpha value is -0.930. The minimum absolute atomic E-state index is 0.105. The van der Waals surface area contributed by atoms with Gasteiger partial charge >= 0.3 is 0 Å². The highest BCUT2D eigenvalue weighted by molar-refractivity contribution is 7.17. The zero-order valence-electron chi connectivity index (χ0n) is 8.97. The summed E-state index contributed by atoms with van der Waals surface area (Å²) in [6.45, 7) is 4.03. The third-order valence-corrected chi connectivity index (χ3v) is 3.72. The maximum absolute atomic E-state index is 9.84. The van der Waals surface area contributed by atoms with Gasteiger partial charge in [-0.1, -0.05) is 13.8 Å². The first-order valence-corrected chi connectivity index (χ1v) is 6.12. The van der Waals surface area contributed by atoms with Gasteiger partial charge in [-0.05, 0) is 23.9 Å². The van der Waals surface area contributed by atoms with Gasteiger partial charge in [0.1, 0.15) is 0 Å². The summed E-state index contributed by atoms with van der Waals surface area (Å²) in [5.41, 5.74) is 1.02. The summed E-state index contributed by atoms with van der Waals surface area (Å²) in [6, 6.07) is 4.11. The normalized spacial score (nSPS) is 15.4. The zero-order valence-corrected chi connectivity index (χ0v) is 9.79. The molecule has 2 nitrogen and oxygen atoms in total. The maximum Gasteiger partial charge on any atom is 0.0618 e. The zero-order chi connectivity index (χ0) is 10.8. The fourth-order valence-electron chi connectivity index (χ4n) is 1.82. The van der Waals surface area contributed by atoms with Crippen LogP contribution in [0.25, 0.3) is 10.1 Å². The number of nitrogens with zero attached hydrogens (tertiary/aromatic N) is 1. The molecule has 0 radical (unpaired) electrons. The molecule has 0 amide bonds. The van der Waals surface area contributed by atoms with Crippen LogP contribution in [0.2, 0.25) is 0 Å². The van der Waals surface area contributed by atoms with E-state index >= 15 is 0 Å². The summed E-state index contributed by atoms with van der Waals surface area (Å²) < 4.78 is 1.25. The van der Waals surface area contributed by atoms with Gasteiger partial charge in [-0.15, -0.1) is 11.3 Å². The van der Waals surface area contributed by atoms with E-state index in [1.807, 2.05) is 26.1 Å². The molecule has 2 heterocycles. The smallest absolute Gasteiger partial charge is 0.0618 e. The molecule has 0 aromatic carbocycles. The van der Waals surface area contributed by atoms with E-state index in [4.69, 9.17) is 0 Å². The van der Waals surface area contributed by atoms with Crippen molar-refractivity contribution in [2.75, 3.05) is 0 Å². The van der Waals surface area contributed by atoms with E-state index in [0.29, 0.717) is 0 Å². The van der Waals surface area contributed by atoms with E-state index in [0.717, 1.165) is 12.1 Å². The van der Waals surface area contributed by atoms with Crippen LogP contribution < -0.4 is 0 Å². The first-order valence-electron chi connectivity index (χ1n) is 5.24. The summed E-state index contributed by atoms with van der Waals surface area (Å²) >= 11 is 1.72. The molecule has 0 aliphatic heterocycles. The van der Waals surface area contributed by atoms with Crippen LogP contribution in [-0.4, -0.2) is 16.2 Å². The van der Waals surface area contributed by atoms with Crippen LogP contribution >= 0.6 is 11.3 Å². The molecule has 15 heavy (non-hydrogen) atoms. The summed E-state index contributed by atoms with van der Waals surface area (Å²) in [6.07, 6.45) is 2.29. The largest absolute Gasteiger partial charge is 0.392 e. The van der Waals surface area contributed by atoms with Gasteiger partial charge in [-0.25, -0.2) is 0 Å². The van der Waals surface area contributed by atoms with Crippen molar-refractivity contribution in [1.82, 2.24) is 4.98 Å². The van der Waals surface area contributed by atoms with E-state index in [1.165, 1.54) is 10.1 Å². The Balaban J connectivity index is 2.46. The number of aliphatic hydroxyl groups excluding tert-OH is 1. The number of aliphatic hydroxyl groups is 1. The fourth-order valence-corrected chi connectivity index (χ4v) is 2.60. The second-order valence-electron chi connectivity index (χ2n) is 3.79. The molecular weight excluding hydrogens is 206 g/mol. The fraction of sp³-hybridized carbons (Fsp3) is 0.417. The number of fused-ring (bicyclic) bond motifs is 1. The van der Waals surface area contributed by atoms with E-state index < -0.39 is 0 Å². The lowest BCUT2D eigenvalue weighted by atomic mass is 9.96. The van der Waals surface area contributed by atoms with Gasteiger partial charge in [0, 0.05) is 22.2 Å². The van der Waals surface area contributed by atoms with Gasteiger partial charge in [0.05, 0.1) is 11.8 Å². The van der Waals surface area contributed by atoms with Gasteiger partial charge in [0.15, 0.2) is 0 Å². The van der Waals surface area contributed by atoms with Crippen molar-refractivity contribution in [2.24, 2.45) is 0 Å². The van der Waals surface area contributed by atoms with Crippen LogP contribution in [-0.2, 0) is 0 Å². The standard InChI is InChI=1S/C12H15NOS/c1-3-10(14)8(2)12-9-5-7-15-11(9)4-6-13-12/h4-8,10,14H,3H2,1-2H3. The Kier molecular flexibility index (Phi) is 3.03. The van der Waals surface area contributed by atoms with Crippen molar-refractivity contribution in [3.8, 4) is 0 Å². The highest BCUT2D eigenvalue weighted by Gasteiger charge is 2.18.